The zero-order valence-electron chi connectivity index (χ0n) is 8.14. The molecule has 1 unspecified atom stereocenters. The predicted molar refractivity (Wildman–Crippen MR) is 52.7 cm³/mol. The number of rotatable bonds is 3. The number of hydrogen-bond donors (Lipinski definition) is 1. The molecule has 0 spiro atoms. The van der Waals surface area contributed by atoms with E-state index in [2.05, 4.69) is 15.3 Å². The Morgan fingerprint density at radius 3 is 3.00 bits per heavy atom. The molecular weight excluding hydrogens is 197 g/mol. The van der Waals surface area contributed by atoms with E-state index in [0.29, 0.717) is 5.82 Å². The molecule has 0 aliphatic carbocycles. The minimum absolute atomic E-state index is 0.0608. The fraction of sp³-hybridized carbons (Fsp3) is 0.200. The summed E-state index contributed by atoms with van der Waals surface area (Å²) in [6.45, 7) is 1.90. The number of nitrogens with zero attached hydrogens (tertiary/aromatic N) is 2. The van der Waals surface area contributed by atoms with E-state index in [0.717, 1.165) is 5.76 Å². The van der Waals surface area contributed by atoms with Gasteiger partial charge in [-0.05, 0) is 19.1 Å². The molecule has 0 radical (unpaired) electrons. The third-order valence-corrected chi connectivity index (χ3v) is 1.97. The van der Waals surface area contributed by atoms with Gasteiger partial charge in [-0.3, -0.25) is 0 Å². The van der Waals surface area contributed by atoms with Crippen LogP contribution in [0.15, 0.2) is 35.2 Å². The summed E-state index contributed by atoms with van der Waals surface area (Å²) in [5.74, 6) is 0.652. The van der Waals surface area contributed by atoms with Gasteiger partial charge in [0.1, 0.15) is 17.9 Å². The van der Waals surface area contributed by atoms with Crippen LogP contribution in [0.1, 0.15) is 18.7 Å². The Morgan fingerprint density at radius 2 is 2.33 bits per heavy atom. The molecule has 0 aliphatic heterocycles. The Bertz CT molecular complexity index is 430. The highest BCUT2D eigenvalue weighted by Crippen LogP contribution is 2.17. The van der Waals surface area contributed by atoms with Gasteiger partial charge >= 0.3 is 0 Å². The molecule has 1 atom stereocenters. The van der Waals surface area contributed by atoms with Crippen molar-refractivity contribution in [3.05, 3.63) is 42.5 Å². The number of hydrogen-bond acceptors (Lipinski definition) is 4. The molecule has 0 fully saturated rings. The number of halogens is 1. The summed E-state index contributed by atoms with van der Waals surface area (Å²) >= 11 is 0. The minimum atomic E-state index is -0.556. The van der Waals surface area contributed by atoms with Gasteiger partial charge in [0, 0.05) is 6.07 Å². The fourth-order valence-electron chi connectivity index (χ4n) is 1.24. The Kier molecular flexibility index (Phi) is 2.62. The first-order chi connectivity index (χ1) is 7.25. The molecule has 0 aliphatic rings. The van der Waals surface area contributed by atoms with Crippen LogP contribution in [-0.2, 0) is 0 Å². The van der Waals surface area contributed by atoms with E-state index in [4.69, 9.17) is 4.42 Å². The molecule has 5 heteroatoms. The van der Waals surface area contributed by atoms with E-state index < -0.39 is 5.95 Å². The summed E-state index contributed by atoms with van der Waals surface area (Å²) in [6, 6.07) is 4.82. The lowest BCUT2D eigenvalue weighted by molar-refractivity contribution is 0.489. The predicted octanol–water partition coefficient (Wildman–Crippen LogP) is 2.38. The van der Waals surface area contributed by atoms with Crippen molar-refractivity contribution in [2.24, 2.45) is 0 Å². The van der Waals surface area contributed by atoms with E-state index in [-0.39, 0.29) is 6.04 Å². The van der Waals surface area contributed by atoms with Crippen molar-refractivity contribution in [2.75, 3.05) is 5.32 Å². The zero-order valence-corrected chi connectivity index (χ0v) is 8.14. The van der Waals surface area contributed by atoms with Crippen LogP contribution >= 0.6 is 0 Å². The maximum absolute atomic E-state index is 12.7. The molecule has 0 bridgehead atoms. The molecule has 2 aromatic rings. The third-order valence-electron chi connectivity index (χ3n) is 1.97. The summed E-state index contributed by atoms with van der Waals surface area (Å²) in [7, 11) is 0. The lowest BCUT2D eigenvalue weighted by Gasteiger charge is -2.11. The standard InChI is InChI=1S/C10H10FN3O/c1-7(8-3-2-4-15-8)14-10-5-9(11)12-6-13-10/h2-7H,1H3,(H,12,13,14). The normalized spacial score (nSPS) is 12.4. The molecule has 2 aromatic heterocycles. The molecule has 2 heterocycles. The van der Waals surface area contributed by atoms with Crippen LogP contribution in [0.2, 0.25) is 0 Å². The van der Waals surface area contributed by atoms with Crippen molar-refractivity contribution in [2.45, 2.75) is 13.0 Å². The summed E-state index contributed by atoms with van der Waals surface area (Å²) < 4.78 is 17.9. The lowest BCUT2D eigenvalue weighted by Crippen LogP contribution is -2.07. The van der Waals surface area contributed by atoms with Gasteiger partial charge in [-0.2, -0.15) is 4.39 Å². The minimum Gasteiger partial charge on any atom is -0.467 e. The number of furan rings is 1. The Morgan fingerprint density at radius 1 is 1.47 bits per heavy atom. The molecule has 0 amide bonds. The maximum Gasteiger partial charge on any atom is 0.217 e. The fourth-order valence-corrected chi connectivity index (χ4v) is 1.24. The van der Waals surface area contributed by atoms with Crippen molar-refractivity contribution in [1.29, 1.82) is 0 Å². The van der Waals surface area contributed by atoms with E-state index in [1.165, 1.54) is 12.4 Å². The van der Waals surface area contributed by atoms with Gasteiger partial charge in [-0.25, -0.2) is 9.97 Å². The smallest absolute Gasteiger partial charge is 0.217 e. The second-order valence-corrected chi connectivity index (χ2v) is 3.11. The summed E-state index contributed by atoms with van der Waals surface area (Å²) in [4.78, 5) is 7.25. The monoisotopic (exact) mass is 207 g/mol. The van der Waals surface area contributed by atoms with Gasteiger partial charge in [0.2, 0.25) is 5.95 Å². The van der Waals surface area contributed by atoms with Crippen LogP contribution in [0.3, 0.4) is 0 Å². The summed E-state index contributed by atoms with van der Waals surface area (Å²) in [5.41, 5.74) is 0. The Hall–Kier alpha value is -1.91. The highest BCUT2D eigenvalue weighted by molar-refractivity contribution is 5.34. The molecule has 78 valence electrons. The highest BCUT2D eigenvalue weighted by atomic mass is 19.1. The van der Waals surface area contributed by atoms with E-state index in [1.54, 1.807) is 12.3 Å². The second-order valence-electron chi connectivity index (χ2n) is 3.11. The van der Waals surface area contributed by atoms with Crippen LogP contribution in [-0.4, -0.2) is 9.97 Å². The van der Waals surface area contributed by atoms with Gasteiger partial charge in [-0.1, -0.05) is 0 Å². The molecule has 15 heavy (non-hydrogen) atoms. The largest absolute Gasteiger partial charge is 0.467 e. The quantitative estimate of drug-likeness (QED) is 0.785. The van der Waals surface area contributed by atoms with Crippen LogP contribution < -0.4 is 5.32 Å². The van der Waals surface area contributed by atoms with Crippen molar-refractivity contribution in [1.82, 2.24) is 9.97 Å². The summed E-state index contributed by atoms with van der Waals surface area (Å²) in [6.07, 6.45) is 2.76. The molecule has 0 saturated heterocycles. The van der Waals surface area contributed by atoms with Gasteiger partial charge in [0.15, 0.2) is 0 Å². The Labute approximate surface area is 86.2 Å². The van der Waals surface area contributed by atoms with Gasteiger partial charge in [0.25, 0.3) is 0 Å². The number of anilines is 1. The molecule has 4 nitrogen and oxygen atoms in total. The number of nitrogens with one attached hydrogen (secondary N) is 1. The van der Waals surface area contributed by atoms with Crippen LogP contribution in [0.4, 0.5) is 10.2 Å². The van der Waals surface area contributed by atoms with E-state index >= 15 is 0 Å². The van der Waals surface area contributed by atoms with Crippen molar-refractivity contribution in [3.8, 4) is 0 Å². The van der Waals surface area contributed by atoms with Crippen LogP contribution in [0, 0.1) is 5.95 Å². The van der Waals surface area contributed by atoms with Crippen LogP contribution in [0.5, 0.6) is 0 Å². The third kappa shape index (κ3) is 2.31. The van der Waals surface area contributed by atoms with Crippen molar-refractivity contribution >= 4 is 5.82 Å². The molecular formula is C10H10FN3O. The molecule has 0 aromatic carbocycles. The number of aromatic nitrogens is 2. The Balaban J connectivity index is 2.09. The van der Waals surface area contributed by atoms with Crippen LogP contribution in [0.25, 0.3) is 0 Å². The van der Waals surface area contributed by atoms with Crippen molar-refractivity contribution in [3.63, 3.8) is 0 Å². The van der Waals surface area contributed by atoms with Crippen molar-refractivity contribution < 1.29 is 8.81 Å². The molecule has 0 saturated carbocycles. The SMILES string of the molecule is CC(Nc1cc(F)ncn1)c1ccco1. The second kappa shape index (κ2) is 4.08. The summed E-state index contributed by atoms with van der Waals surface area (Å²) in [5, 5.41) is 3.00. The first-order valence-electron chi connectivity index (χ1n) is 4.53. The average Bonchev–Trinajstić information content (AvgIpc) is 2.70. The maximum atomic E-state index is 12.7. The first kappa shape index (κ1) is 9.64. The molecule has 2 rings (SSSR count). The van der Waals surface area contributed by atoms with Gasteiger partial charge < -0.3 is 9.73 Å². The molecule has 1 N–H and O–H groups in total. The highest BCUT2D eigenvalue weighted by Gasteiger charge is 2.08. The van der Waals surface area contributed by atoms with E-state index in [1.807, 2.05) is 13.0 Å². The average molecular weight is 207 g/mol. The zero-order chi connectivity index (χ0) is 10.7. The van der Waals surface area contributed by atoms with E-state index in [9.17, 15) is 4.39 Å². The topological polar surface area (TPSA) is 51.0 Å². The van der Waals surface area contributed by atoms with Gasteiger partial charge in [-0.15, -0.1) is 0 Å². The lowest BCUT2D eigenvalue weighted by atomic mass is 10.2. The first-order valence-corrected chi connectivity index (χ1v) is 4.53. The van der Waals surface area contributed by atoms with Gasteiger partial charge in [0.05, 0.1) is 12.3 Å².